The molecule has 8 nitrogen and oxygen atoms in total. The van der Waals surface area contributed by atoms with Crippen LogP contribution in [-0.2, 0) is 20.7 Å². The molecule has 0 aromatic heterocycles. The minimum absolute atomic E-state index is 0.173. The maximum atomic E-state index is 13.0. The predicted molar refractivity (Wildman–Crippen MR) is 119 cm³/mol. The Labute approximate surface area is 189 Å². The summed E-state index contributed by atoms with van der Waals surface area (Å²) in [6.07, 6.45) is 3.54. The molecule has 0 radical (unpaired) electrons. The maximum Gasteiger partial charge on any atom is 0.337 e. The van der Waals surface area contributed by atoms with Crippen LogP contribution in [0.25, 0.3) is 0 Å². The van der Waals surface area contributed by atoms with Gasteiger partial charge >= 0.3 is 12.0 Å². The smallest absolute Gasteiger partial charge is 0.337 e. The van der Waals surface area contributed by atoms with Crippen LogP contribution in [0.3, 0.4) is 0 Å². The third-order valence-electron chi connectivity index (χ3n) is 6.72. The number of nitrogens with one attached hydrogen (secondary N) is 2. The molecule has 1 aliphatic heterocycles. The van der Waals surface area contributed by atoms with Crippen molar-refractivity contribution in [3.63, 3.8) is 0 Å². The van der Waals surface area contributed by atoms with Gasteiger partial charge in [0.05, 0.1) is 12.7 Å². The molecule has 4 amide bonds. The Hall–Kier alpha value is -2.90. The lowest BCUT2D eigenvalue weighted by Crippen LogP contribution is -2.51. The Kier molecular flexibility index (Phi) is 6.91. The van der Waals surface area contributed by atoms with Crippen LogP contribution < -0.4 is 10.6 Å². The molecule has 1 aromatic rings. The zero-order valence-corrected chi connectivity index (χ0v) is 19.3. The summed E-state index contributed by atoms with van der Waals surface area (Å²) in [5, 5.41) is 5.63. The van der Waals surface area contributed by atoms with Gasteiger partial charge in [-0.15, -0.1) is 0 Å². The fourth-order valence-electron chi connectivity index (χ4n) is 4.61. The first-order valence-corrected chi connectivity index (χ1v) is 11.1. The second kappa shape index (κ2) is 9.30. The third kappa shape index (κ3) is 5.11. The van der Waals surface area contributed by atoms with Crippen molar-refractivity contribution in [2.45, 2.75) is 58.4 Å². The topological polar surface area (TPSA) is 105 Å². The summed E-state index contributed by atoms with van der Waals surface area (Å²) in [6.45, 7) is 6.69. The molecular weight excluding hydrogens is 410 g/mol. The van der Waals surface area contributed by atoms with Crippen LogP contribution in [0.4, 0.5) is 4.79 Å². The molecule has 1 aliphatic carbocycles. The number of rotatable bonds is 6. The highest BCUT2D eigenvalue weighted by molar-refractivity contribution is 6.09. The number of nitrogens with zero attached hydrogens (tertiary/aromatic N) is 1. The molecule has 32 heavy (non-hydrogen) atoms. The minimum atomic E-state index is -0.861. The minimum Gasteiger partial charge on any atom is -0.465 e. The van der Waals surface area contributed by atoms with Crippen LogP contribution in [0.5, 0.6) is 0 Å². The van der Waals surface area contributed by atoms with E-state index in [4.69, 9.17) is 0 Å². The lowest BCUT2D eigenvalue weighted by Gasteiger charge is -2.40. The van der Waals surface area contributed by atoms with Crippen LogP contribution in [0.2, 0.25) is 0 Å². The summed E-state index contributed by atoms with van der Waals surface area (Å²) < 4.78 is 4.67. The van der Waals surface area contributed by atoms with E-state index in [1.807, 2.05) is 0 Å². The van der Waals surface area contributed by atoms with Crippen molar-refractivity contribution < 1.29 is 23.9 Å². The fraction of sp³-hybridized carbons (Fsp3) is 0.583. The van der Waals surface area contributed by atoms with E-state index in [0.29, 0.717) is 37.3 Å². The van der Waals surface area contributed by atoms with Crippen molar-refractivity contribution in [3.05, 3.63) is 35.4 Å². The summed E-state index contributed by atoms with van der Waals surface area (Å²) in [7, 11) is 1.33. The van der Waals surface area contributed by atoms with E-state index in [9.17, 15) is 19.2 Å². The predicted octanol–water partition coefficient (Wildman–Crippen LogP) is 2.66. The number of methoxy groups -OCH3 is 1. The molecule has 1 saturated heterocycles. The maximum absolute atomic E-state index is 13.0. The van der Waals surface area contributed by atoms with Gasteiger partial charge in [-0.1, -0.05) is 32.9 Å². The van der Waals surface area contributed by atoms with Gasteiger partial charge in [0.25, 0.3) is 5.91 Å². The summed E-state index contributed by atoms with van der Waals surface area (Å²) in [6, 6.07) is 6.45. The summed E-state index contributed by atoms with van der Waals surface area (Å²) >= 11 is 0. The van der Waals surface area contributed by atoms with E-state index in [2.05, 4.69) is 36.1 Å². The molecule has 1 spiro atoms. The number of hydrogen-bond acceptors (Lipinski definition) is 5. The highest BCUT2D eigenvalue weighted by Gasteiger charge is 2.53. The molecule has 1 heterocycles. The molecule has 8 heteroatoms. The SMILES string of the molecule is COC(=O)c1ccc(CCNC(=O)CN2C(=O)NC3(CCC(C(C)(C)C)CC3)C2=O)cc1. The van der Waals surface area contributed by atoms with Crippen molar-refractivity contribution in [3.8, 4) is 0 Å². The summed E-state index contributed by atoms with van der Waals surface area (Å²) in [5.41, 5.74) is 0.722. The first-order chi connectivity index (χ1) is 15.1. The Bertz CT molecular complexity index is 880. The molecule has 1 saturated carbocycles. The Morgan fingerprint density at radius 3 is 2.34 bits per heavy atom. The quantitative estimate of drug-likeness (QED) is 0.520. The zero-order valence-electron chi connectivity index (χ0n) is 19.3. The van der Waals surface area contributed by atoms with Crippen LogP contribution in [0.15, 0.2) is 24.3 Å². The number of ether oxygens (including phenoxy) is 1. The monoisotopic (exact) mass is 443 g/mol. The zero-order chi connectivity index (χ0) is 23.5. The van der Waals surface area contributed by atoms with Crippen LogP contribution in [0, 0.1) is 11.3 Å². The van der Waals surface area contributed by atoms with E-state index in [0.717, 1.165) is 23.3 Å². The average Bonchev–Trinajstić information content (AvgIpc) is 2.97. The molecule has 2 N–H and O–H groups in total. The Morgan fingerprint density at radius 2 is 1.78 bits per heavy atom. The number of amides is 4. The van der Waals surface area contributed by atoms with Crippen LogP contribution in [-0.4, -0.2) is 54.5 Å². The second-order valence-electron chi connectivity index (χ2n) is 9.83. The average molecular weight is 444 g/mol. The molecule has 0 unspecified atom stereocenters. The molecule has 2 aliphatic rings. The Balaban J connectivity index is 1.48. The number of esters is 1. The number of benzene rings is 1. The van der Waals surface area contributed by atoms with E-state index in [1.165, 1.54) is 7.11 Å². The van der Waals surface area contributed by atoms with Gasteiger partial charge in [0, 0.05) is 6.54 Å². The van der Waals surface area contributed by atoms with Gasteiger partial charge in [-0.3, -0.25) is 14.5 Å². The fourth-order valence-corrected chi connectivity index (χ4v) is 4.61. The standard InChI is InChI=1S/C24H33N3O5/c1-23(2,3)18-9-12-24(13-10-18)21(30)27(22(31)26-24)15-19(28)25-14-11-16-5-7-17(8-6-16)20(29)32-4/h5-8,18H,9-15H2,1-4H3,(H,25,28)(H,26,31). The van der Waals surface area contributed by atoms with E-state index in [-0.39, 0.29) is 23.8 Å². The number of hydrogen-bond donors (Lipinski definition) is 2. The molecule has 174 valence electrons. The highest BCUT2D eigenvalue weighted by Crippen LogP contribution is 2.43. The number of imide groups is 1. The summed E-state index contributed by atoms with van der Waals surface area (Å²) in [4.78, 5) is 50.4. The van der Waals surface area contributed by atoms with Gasteiger partial charge in [-0.05, 0) is 61.1 Å². The first-order valence-electron chi connectivity index (χ1n) is 11.1. The number of carbonyl (C=O) groups excluding carboxylic acids is 4. The van der Waals surface area contributed by atoms with Gasteiger partial charge < -0.3 is 15.4 Å². The molecular formula is C24H33N3O5. The molecule has 3 rings (SSSR count). The van der Waals surface area contributed by atoms with Crippen LogP contribution in [0.1, 0.15) is 62.4 Å². The van der Waals surface area contributed by atoms with E-state index < -0.39 is 17.5 Å². The second-order valence-corrected chi connectivity index (χ2v) is 9.83. The van der Waals surface area contributed by atoms with Gasteiger partial charge in [0.15, 0.2) is 0 Å². The van der Waals surface area contributed by atoms with Crippen molar-refractivity contribution >= 4 is 23.8 Å². The van der Waals surface area contributed by atoms with Crippen molar-refractivity contribution in [2.24, 2.45) is 11.3 Å². The van der Waals surface area contributed by atoms with Crippen molar-refractivity contribution in [1.29, 1.82) is 0 Å². The molecule has 1 aromatic carbocycles. The Morgan fingerprint density at radius 1 is 1.16 bits per heavy atom. The lowest BCUT2D eigenvalue weighted by molar-refractivity contribution is -0.136. The number of carbonyl (C=O) groups is 4. The molecule has 0 bridgehead atoms. The van der Waals surface area contributed by atoms with Crippen LogP contribution >= 0.6 is 0 Å². The van der Waals surface area contributed by atoms with E-state index >= 15 is 0 Å². The third-order valence-corrected chi connectivity index (χ3v) is 6.72. The van der Waals surface area contributed by atoms with Crippen molar-refractivity contribution in [2.75, 3.05) is 20.2 Å². The molecule has 2 fully saturated rings. The van der Waals surface area contributed by atoms with Gasteiger partial charge in [-0.2, -0.15) is 0 Å². The van der Waals surface area contributed by atoms with Gasteiger partial charge in [0.2, 0.25) is 5.91 Å². The largest absolute Gasteiger partial charge is 0.465 e. The highest BCUT2D eigenvalue weighted by atomic mass is 16.5. The number of urea groups is 1. The summed E-state index contributed by atoms with van der Waals surface area (Å²) in [5.74, 6) is -0.552. The van der Waals surface area contributed by atoms with Gasteiger partial charge in [0.1, 0.15) is 12.1 Å². The lowest BCUT2D eigenvalue weighted by atomic mass is 9.67. The normalized spacial score (nSPS) is 23.2. The van der Waals surface area contributed by atoms with Crippen molar-refractivity contribution in [1.82, 2.24) is 15.5 Å². The first kappa shape index (κ1) is 23.8. The molecule has 0 atom stereocenters. The van der Waals surface area contributed by atoms with Gasteiger partial charge in [-0.25, -0.2) is 9.59 Å². The van der Waals surface area contributed by atoms with E-state index in [1.54, 1.807) is 24.3 Å².